The lowest BCUT2D eigenvalue weighted by molar-refractivity contribution is -0.124. The number of carbonyl (C=O) groups excluding carboxylic acids is 1. The van der Waals surface area contributed by atoms with E-state index in [4.69, 9.17) is 4.74 Å². The molecule has 1 saturated heterocycles. The summed E-state index contributed by atoms with van der Waals surface area (Å²) in [5.41, 5.74) is 0.655. The summed E-state index contributed by atoms with van der Waals surface area (Å²) < 4.78 is 18.4. The Bertz CT molecular complexity index is 428. The minimum atomic E-state index is -0.548. The van der Waals surface area contributed by atoms with Crippen molar-refractivity contribution in [1.29, 1.82) is 0 Å². The zero-order valence-electron chi connectivity index (χ0n) is 10.2. The summed E-state index contributed by atoms with van der Waals surface area (Å²) in [7, 11) is 0. The van der Waals surface area contributed by atoms with Gasteiger partial charge in [0.05, 0.1) is 13.2 Å². The molecule has 0 aromatic carbocycles. The largest absolute Gasteiger partial charge is 0.377 e. The minimum absolute atomic E-state index is 0.102. The van der Waals surface area contributed by atoms with Crippen LogP contribution < -0.4 is 10.2 Å². The predicted octanol–water partition coefficient (Wildman–Crippen LogP) is 0.562. The van der Waals surface area contributed by atoms with Gasteiger partial charge >= 0.3 is 0 Å². The number of halogens is 1. The molecule has 0 bridgehead atoms. The van der Waals surface area contributed by atoms with Crippen LogP contribution in [0.25, 0.3) is 0 Å². The minimum Gasteiger partial charge on any atom is -0.377 e. The van der Waals surface area contributed by atoms with Crippen LogP contribution in [0.4, 0.5) is 10.1 Å². The summed E-state index contributed by atoms with van der Waals surface area (Å²) in [5, 5.41) is 2.76. The van der Waals surface area contributed by atoms with E-state index in [9.17, 15) is 9.18 Å². The Balaban J connectivity index is 2.20. The van der Waals surface area contributed by atoms with E-state index in [1.54, 1.807) is 6.07 Å². The third kappa shape index (κ3) is 2.76. The van der Waals surface area contributed by atoms with Crippen LogP contribution in [0.2, 0.25) is 0 Å². The molecule has 1 aromatic heterocycles. The standard InChI is InChI=1S/C12H16FN3O2/c1-2-14-12(17)10-8-18-6-5-16(10)9-3-4-15-11(13)7-9/h3-4,7,10H,2,5-6,8H2,1H3,(H,14,17). The molecule has 6 heteroatoms. The maximum Gasteiger partial charge on any atom is 0.245 e. The van der Waals surface area contributed by atoms with Gasteiger partial charge in [-0.25, -0.2) is 4.98 Å². The molecule has 1 amide bonds. The van der Waals surface area contributed by atoms with E-state index in [-0.39, 0.29) is 5.91 Å². The molecule has 0 aliphatic carbocycles. The molecular weight excluding hydrogens is 237 g/mol. The number of carbonyl (C=O) groups is 1. The second-order valence-corrected chi connectivity index (χ2v) is 4.02. The first-order valence-corrected chi connectivity index (χ1v) is 5.96. The number of hydrogen-bond donors (Lipinski definition) is 1. The molecule has 1 N–H and O–H groups in total. The van der Waals surface area contributed by atoms with E-state index >= 15 is 0 Å². The van der Waals surface area contributed by atoms with Crippen molar-refractivity contribution in [3.63, 3.8) is 0 Å². The summed E-state index contributed by atoms with van der Waals surface area (Å²) in [6.45, 7) is 3.83. The van der Waals surface area contributed by atoms with Gasteiger partial charge in [0.15, 0.2) is 0 Å². The van der Waals surface area contributed by atoms with Gasteiger partial charge in [-0.05, 0) is 13.0 Å². The lowest BCUT2D eigenvalue weighted by atomic mass is 10.2. The van der Waals surface area contributed by atoms with Crippen LogP contribution in [0.5, 0.6) is 0 Å². The Hall–Kier alpha value is -1.69. The van der Waals surface area contributed by atoms with Crippen LogP contribution in [-0.4, -0.2) is 43.2 Å². The van der Waals surface area contributed by atoms with E-state index in [1.807, 2.05) is 11.8 Å². The molecule has 1 aliphatic heterocycles. The number of amides is 1. The fourth-order valence-electron chi connectivity index (χ4n) is 1.99. The number of nitrogens with zero attached hydrogens (tertiary/aromatic N) is 2. The highest BCUT2D eigenvalue weighted by Gasteiger charge is 2.29. The van der Waals surface area contributed by atoms with Crippen molar-refractivity contribution < 1.29 is 13.9 Å². The van der Waals surface area contributed by atoms with Gasteiger partial charge in [-0.3, -0.25) is 4.79 Å². The number of pyridine rings is 1. The summed E-state index contributed by atoms with van der Waals surface area (Å²) in [4.78, 5) is 17.3. The quantitative estimate of drug-likeness (QED) is 0.800. The van der Waals surface area contributed by atoms with Gasteiger partial charge in [0.2, 0.25) is 11.9 Å². The number of rotatable bonds is 3. The molecule has 1 fully saturated rings. The monoisotopic (exact) mass is 253 g/mol. The SMILES string of the molecule is CCNC(=O)C1COCCN1c1ccnc(F)c1. The van der Waals surface area contributed by atoms with Crippen molar-refractivity contribution in [2.45, 2.75) is 13.0 Å². The van der Waals surface area contributed by atoms with Gasteiger partial charge in [0.1, 0.15) is 6.04 Å². The summed E-state index contributed by atoms with van der Waals surface area (Å²) in [5.74, 6) is -0.650. The topological polar surface area (TPSA) is 54.5 Å². The number of anilines is 1. The lowest BCUT2D eigenvalue weighted by Gasteiger charge is -2.36. The first-order chi connectivity index (χ1) is 8.72. The number of nitrogens with one attached hydrogen (secondary N) is 1. The van der Waals surface area contributed by atoms with Gasteiger partial charge < -0.3 is 15.0 Å². The molecule has 2 rings (SSSR count). The van der Waals surface area contributed by atoms with Crippen LogP contribution in [0.1, 0.15) is 6.92 Å². The van der Waals surface area contributed by atoms with Crippen molar-refractivity contribution in [1.82, 2.24) is 10.3 Å². The molecule has 1 atom stereocenters. The smallest absolute Gasteiger partial charge is 0.245 e. The Morgan fingerprint density at radius 2 is 2.56 bits per heavy atom. The second kappa shape index (κ2) is 5.77. The van der Waals surface area contributed by atoms with Crippen LogP contribution in [0.3, 0.4) is 0 Å². The van der Waals surface area contributed by atoms with Crippen molar-refractivity contribution >= 4 is 11.6 Å². The highest BCUT2D eigenvalue weighted by molar-refractivity contribution is 5.85. The van der Waals surface area contributed by atoms with E-state index < -0.39 is 12.0 Å². The fraction of sp³-hybridized carbons (Fsp3) is 0.500. The molecule has 0 saturated carbocycles. The zero-order chi connectivity index (χ0) is 13.0. The maximum absolute atomic E-state index is 13.1. The predicted molar refractivity (Wildman–Crippen MR) is 64.8 cm³/mol. The molecule has 18 heavy (non-hydrogen) atoms. The van der Waals surface area contributed by atoms with Crippen molar-refractivity contribution in [2.75, 3.05) is 31.2 Å². The normalized spacial score (nSPS) is 19.7. The van der Waals surface area contributed by atoms with Gasteiger partial charge in [-0.2, -0.15) is 4.39 Å². The molecule has 2 heterocycles. The van der Waals surface area contributed by atoms with Crippen LogP contribution >= 0.6 is 0 Å². The van der Waals surface area contributed by atoms with E-state index in [0.717, 1.165) is 0 Å². The summed E-state index contributed by atoms with van der Waals surface area (Å²) in [6, 6.07) is 2.61. The average Bonchev–Trinajstić information content (AvgIpc) is 2.39. The average molecular weight is 253 g/mol. The molecule has 1 unspecified atom stereocenters. The van der Waals surface area contributed by atoms with Crippen molar-refractivity contribution in [3.05, 3.63) is 24.3 Å². The lowest BCUT2D eigenvalue weighted by Crippen LogP contribution is -2.54. The van der Waals surface area contributed by atoms with Gasteiger partial charge in [-0.15, -0.1) is 0 Å². The Morgan fingerprint density at radius 3 is 3.28 bits per heavy atom. The molecule has 1 aromatic rings. The van der Waals surface area contributed by atoms with Gasteiger partial charge in [0, 0.05) is 31.0 Å². The number of aromatic nitrogens is 1. The summed E-state index contributed by atoms with van der Waals surface area (Å²) >= 11 is 0. The molecular formula is C12H16FN3O2. The molecule has 5 nitrogen and oxygen atoms in total. The molecule has 0 spiro atoms. The Labute approximate surface area is 105 Å². The molecule has 98 valence electrons. The number of hydrogen-bond acceptors (Lipinski definition) is 4. The molecule has 0 radical (unpaired) electrons. The van der Waals surface area contributed by atoms with E-state index in [2.05, 4.69) is 10.3 Å². The van der Waals surface area contributed by atoms with Gasteiger partial charge in [0.25, 0.3) is 0 Å². The third-order valence-electron chi connectivity index (χ3n) is 2.82. The second-order valence-electron chi connectivity index (χ2n) is 4.02. The van der Waals surface area contributed by atoms with Gasteiger partial charge in [-0.1, -0.05) is 0 Å². The maximum atomic E-state index is 13.1. The first kappa shape index (κ1) is 12.8. The number of ether oxygens (including phenoxy) is 1. The number of likely N-dealkylation sites (N-methyl/N-ethyl adjacent to an activating group) is 1. The molecule has 1 aliphatic rings. The van der Waals surface area contributed by atoms with Crippen molar-refractivity contribution in [2.24, 2.45) is 0 Å². The van der Waals surface area contributed by atoms with Crippen LogP contribution in [-0.2, 0) is 9.53 Å². The Morgan fingerprint density at radius 1 is 1.72 bits per heavy atom. The highest BCUT2D eigenvalue weighted by atomic mass is 19.1. The zero-order valence-corrected chi connectivity index (χ0v) is 10.2. The highest BCUT2D eigenvalue weighted by Crippen LogP contribution is 2.19. The first-order valence-electron chi connectivity index (χ1n) is 5.96. The van der Waals surface area contributed by atoms with Crippen LogP contribution in [0.15, 0.2) is 18.3 Å². The Kier molecular flexibility index (Phi) is 4.09. The third-order valence-corrected chi connectivity index (χ3v) is 2.82. The van der Waals surface area contributed by atoms with Crippen molar-refractivity contribution in [3.8, 4) is 0 Å². The fourth-order valence-corrected chi connectivity index (χ4v) is 1.99. The van der Waals surface area contributed by atoms with E-state index in [1.165, 1.54) is 12.3 Å². The number of morpholine rings is 1. The summed E-state index contributed by atoms with van der Waals surface area (Å²) in [6.07, 6.45) is 1.40. The van der Waals surface area contributed by atoms with Crippen LogP contribution in [0, 0.1) is 5.95 Å². The van der Waals surface area contributed by atoms with E-state index in [0.29, 0.717) is 32.0 Å².